The van der Waals surface area contributed by atoms with Gasteiger partial charge in [-0.25, -0.2) is 8.78 Å². The molecule has 0 aliphatic carbocycles. The summed E-state index contributed by atoms with van der Waals surface area (Å²) in [5.41, 5.74) is -2.88. The van der Waals surface area contributed by atoms with Crippen LogP contribution in [0.4, 0.5) is 22.0 Å². The lowest BCUT2D eigenvalue weighted by Gasteiger charge is -2.31. The Morgan fingerprint density at radius 1 is 1.21 bits per heavy atom. The number of alkyl halides is 3. The quantitative estimate of drug-likeness (QED) is 0.228. The van der Waals surface area contributed by atoms with Crippen LogP contribution in [0.15, 0.2) is 37.2 Å². The first kappa shape index (κ1) is 29.9. The molecular formula is C29H31F5N4O4. The van der Waals surface area contributed by atoms with Crippen molar-refractivity contribution in [2.75, 3.05) is 39.9 Å². The Balaban J connectivity index is 1.56. The second-order valence-electron chi connectivity index (χ2n) is 10.7. The molecule has 3 atom stereocenters. The van der Waals surface area contributed by atoms with E-state index in [1.807, 2.05) is 0 Å². The van der Waals surface area contributed by atoms with Crippen LogP contribution in [-0.2, 0) is 15.7 Å². The van der Waals surface area contributed by atoms with Gasteiger partial charge in [0.25, 0.3) is 0 Å². The molecule has 0 spiro atoms. The largest absolute Gasteiger partial charge is 0.472 e. The third-order valence-electron chi connectivity index (χ3n) is 8.15. The highest BCUT2D eigenvalue weighted by Gasteiger charge is 2.49. The number of hydrogen-bond donors (Lipinski definition) is 0. The number of amides is 1. The average Bonchev–Trinajstić information content (AvgIpc) is 3.67. The van der Waals surface area contributed by atoms with Crippen molar-refractivity contribution in [1.29, 1.82) is 0 Å². The van der Waals surface area contributed by atoms with Gasteiger partial charge in [0.2, 0.25) is 11.8 Å². The van der Waals surface area contributed by atoms with Crippen molar-refractivity contribution in [3.8, 4) is 11.9 Å². The third-order valence-corrected chi connectivity index (χ3v) is 8.15. The molecule has 42 heavy (non-hydrogen) atoms. The fourth-order valence-corrected chi connectivity index (χ4v) is 6.08. The predicted octanol–water partition coefficient (Wildman–Crippen LogP) is 5.08. The van der Waals surface area contributed by atoms with Gasteiger partial charge in [0, 0.05) is 32.2 Å². The number of carbonyl (C=O) groups excluding carboxylic acids is 1. The molecule has 0 saturated carbocycles. The zero-order chi connectivity index (χ0) is 30.1. The van der Waals surface area contributed by atoms with Gasteiger partial charge in [0.15, 0.2) is 5.82 Å². The summed E-state index contributed by atoms with van der Waals surface area (Å²) in [5, 5.41) is -0.306. The predicted molar refractivity (Wildman–Crippen MR) is 144 cm³/mol. The van der Waals surface area contributed by atoms with Crippen LogP contribution < -0.4 is 9.47 Å². The van der Waals surface area contributed by atoms with Crippen molar-refractivity contribution in [2.24, 2.45) is 0 Å². The Bertz CT molecular complexity index is 1410. The van der Waals surface area contributed by atoms with Gasteiger partial charge in [0.05, 0.1) is 35.5 Å². The summed E-state index contributed by atoms with van der Waals surface area (Å²) >= 11 is 0. The number of methoxy groups -OCH3 is 1. The number of rotatable bonds is 9. The van der Waals surface area contributed by atoms with Crippen LogP contribution in [0.3, 0.4) is 0 Å². The first-order valence-corrected chi connectivity index (χ1v) is 13.6. The minimum Gasteiger partial charge on any atom is -0.472 e. The van der Waals surface area contributed by atoms with Gasteiger partial charge in [-0.05, 0) is 44.0 Å². The first-order chi connectivity index (χ1) is 20.1. The second kappa shape index (κ2) is 12.0. The Labute approximate surface area is 239 Å². The molecule has 2 aromatic rings. The number of allylic oxidation sites excluding steroid dienone is 2. The molecule has 3 fully saturated rings. The van der Waals surface area contributed by atoms with Crippen LogP contribution in [-0.4, -0.2) is 83.3 Å². The van der Waals surface area contributed by atoms with Gasteiger partial charge in [-0.1, -0.05) is 18.7 Å². The Morgan fingerprint density at radius 2 is 2.02 bits per heavy atom. The minimum atomic E-state index is -4.95. The summed E-state index contributed by atoms with van der Waals surface area (Å²) in [5.74, 6) is -1.89. The Morgan fingerprint density at radius 3 is 2.74 bits per heavy atom. The molecule has 13 heteroatoms. The van der Waals surface area contributed by atoms with Crippen LogP contribution in [0.1, 0.15) is 36.8 Å². The van der Waals surface area contributed by atoms with Crippen molar-refractivity contribution < 1.29 is 41.0 Å². The smallest absolute Gasteiger partial charge is 0.417 e. The fourth-order valence-electron chi connectivity index (χ4n) is 6.08. The zero-order valence-electron chi connectivity index (χ0n) is 23.0. The molecule has 1 aromatic carbocycles. The normalized spacial score (nSPS) is 24.8. The van der Waals surface area contributed by atoms with Crippen molar-refractivity contribution in [1.82, 2.24) is 19.8 Å². The minimum absolute atomic E-state index is 0.0276. The van der Waals surface area contributed by atoms with Crippen molar-refractivity contribution in [2.45, 2.75) is 49.6 Å². The molecule has 4 heterocycles. The van der Waals surface area contributed by atoms with Crippen LogP contribution in [0.25, 0.3) is 17.0 Å². The molecule has 3 aliphatic rings. The SMILES string of the molecule is C=CC(=O)N1CCC(Oc2nc(OCC34CCCN3CC(OC)C4)nc3c(F)c(/C=C/C=C/F)c(C(F)(F)F)cc23)C1. The zero-order valence-corrected chi connectivity index (χ0v) is 23.0. The number of hydrogen-bond acceptors (Lipinski definition) is 7. The number of halogens is 5. The van der Waals surface area contributed by atoms with E-state index in [4.69, 9.17) is 14.2 Å². The third kappa shape index (κ3) is 5.84. The molecule has 0 bridgehead atoms. The lowest BCUT2D eigenvalue weighted by molar-refractivity contribution is -0.137. The van der Waals surface area contributed by atoms with Crippen LogP contribution in [0.2, 0.25) is 0 Å². The Kier molecular flexibility index (Phi) is 8.51. The summed E-state index contributed by atoms with van der Waals surface area (Å²) in [6.45, 7) is 5.74. The van der Waals surface area contributed by atoms with Gasteiger partial charge >= 0.3 is 12.2 Å². The van der Waals surface area contributed by atoms with Crippen molar-refractivity contribution in [3.05, 3.63) is 54.1 Å². The van der Waals surface area contributed by atoms with E-state index in [0.717, 1.165) is 62.7 Å². The number of ether oxygens (including phenoxy) is 3. The molecule has 1 aromatic heterocycles. The highest BCUT2D eigenvalue weighted by Crippen LogP contribution is 2.42. The molecule has 1 amide bonds. The van der Waals surface area contributed by atoms with E-state index in [0.29, 0.717) is 13.0 Å². The van der Waals surface area contributed by atoms with Crippen molar-refractivity contribution in [3.63, 3.8) is 0 Å². The monoisotopic (exact) mass is 594 g/mol. The van der Waals surface area contributed by atoms with Crippen LogP contribution in [0.5, 0.6) is 11.9 Å². The van der Waals surface area contributed by atoms with Gasteiger partial charge in [-0.15, -0.1) is 0 Å². The second-order valence-corrected chi connectivity index (χ2v) is 10.7. The molecule has 8 nitrogen and oxygen atoms in total. The van der Waals surface area contributed by atoms with E-state index < -0.39 is 34.7 Å². The van der Waals surface area contributed by atoms with E-state index >= 15 is 4.39 Å². The molecule has 3 aliphatic heterocycles. The molecule has 5 rings (SSSR count). The lowest BCUT2D eigenvalue weighted by Crippen LogP contribution is -2.43. The number of aromatic nitrogens is 2. The summed E-state index contributed by atoms with van der Waals surface area (Å²) in [4.78, 5) is 24.3. The van der Waals surface area contributed by atoms with E-state index in [1.165, 1.54) is 4.90 Å². The fraction of sp³-hybridized carbons (Fsp3) is 0.483. The summed E-state index contributed by atoms with van der Waals surface area (Å²) < 4.78 is 88.2. The summed E-state index contributed by atoms with van der Waals surface area (Å²) in [6, 6.07) is 0.462. The van der Waals surface area contributed by atoms with Crippen molar-refractivity contribution >= 4 is 22.9 Å². The first-order valence-electron chi connectivity index (χ1n) is 13.6. The number of carbonyl (C=O) groups is 1. The van der Waals surface area contributed by atoms with E-state index in [9.17, 15) is 22.4 Å². The summed E-state index contributed by atoms with van der Waals surface area (Å²) in [7, 11) is 1.65. The number of nitrogens with zero attached hydrogens (tertiary/aromatic N) is 4. The number of likely N-dealkylation sites (tertiary alicyclic amines) is 1. The number of fused-ring (bicyclic) bond motifs is 2. The highest BCUT2D eigenvalue weighted by atomic mass is 19.4. The highest BCUT2D eigenvalue weighted by molar-refractivity contribution is 5.88. The molecule has 3 saturated heterocycles. The molecule has 0 N–H and O–H groups in total. The standard InChI is InChI=1S/C29H31F5N4O4/c1-3-23(39)37-12-8-18(15-37)42-26-21-13-22(29(32,33)34)20(7-4-5-10-30)24(31)25(21)35-27(36-26)41-17-28-9-6-11-38(28)16-19(14-28)40-2/h3-5,7,10,13,18-19H,1,6,8-9,11-12,14-17H2,2H3/b7-4+,10-5+. The maximum Gasteiger partial charge on any atom is 0.417 e. The summed E-state index contributed by atoms with van der Waals surface area (Å²) in [6.07, 6.45) is 1.27. The molecule has 0 radical (unpaired) electrons. The Hall–Kier alpha value is -3.58. The molecule has 3 unspecified atom stereocenters. The van der Waals surface area contributed by atoms with Gasteiger partial charge in [-0.3, -0.25) is 9.69 Å². The van der Waals surface area contributed by atoms with E-state index in [2.05, 4.69) is 21.4 Å². The molecule has 226 valence electrons. The van der Waals surface area contributed by atoms with Crippen LogP contribution >= 0.6 is 0 Å². The van der Waals surface area contributed by atoms with E-state index in [-0.39, 0.29) is 54.3 Å². The van der Waals surface area contributed by atoms with Crippen LogP contribution in [0, 0.1) is 5.82 Å². The topological polar surface area (TPSA) is 77.0 Å². The maximum absolute atomic E-state index is 15.9. The maximum atomic E-state index is 15.9. The lowest BCUT2D eigenvalue weighted by atomic mass is 9.94. The average molecular weight is 595 g/mol. The molecular weight excluding hydrogens is 563 g/mol. The number of benzene rings is 1. The van der Waals surface area contributed by atoms with Gasteiger partial charge < -0.3 is 19.1 Å². The van der Waals surface area contributed by atoms with Gasteiger partial charge in [-0.2, -0.15) is 23.1 Å². The van der Waals surface area contributed by atoms with E-state index in [1.54, 1.807) is 7.11 Å². The van der Waals surface area contributed by atoms with Gasteiger partial charge in [0.1, 0.15) is 18.2 Å².